The zero-order valence-electron chi connectivity index (χ0n) is 9.77. The van der Waals surface area contributed by atoms with Crippen LogP contribution >= 0.6 is 0 Å². The monoisotopic (exact) mass is 224 g/mol. The maximum atomic E-state index is 11.0. The van der Waals surface area contributed by atoms with E-state index in [0.717, 1.165) is 28.4 Å². The lowest BCUT2D eigenvalue weighted by Gasteiger charge is -2.02. The molecular formula is C14H12N2O. The van der Waals surface area contributed by atoms with Gasteiger partial charge in [-0.15, -0.1) is 0 Å². The Morgan fingerprint density at radius 1 is 1.24 bits per heavy atom. The van der Waals surface area contributed by atoms with E-state index in [9.17, 15) is 4.79 Å². The van der Waals surface area contributed by atoms with Gasteiger partial charge in [0.1, 0.15) is 11.3 Å². The van der Waals surface area contributed by atoms with Gasteiger partial charge in [0.05, 0.1) is 5.69 Å². The zero-order valence-corrected chi connectivity index (χ0v) is 9.77. The number of nitrogens with zero attached hydrogens (tertiary/aromatic N) is 2. The number of aromatic nitrogens is 2. The fourth-order valence-corrected chi connectivity index (χ4v) is 2.22. The van der Waals surface area contributed by atoms with Gasteiger partial charge in [0.25, 0.3) is 0 Å². The lowest BCUT2D eigenvalue weighted by Crippen LogP contribution is -1.92. The van der Waals surface area contributed by atoms with Gasteiger partial charge in [-0.3, -0.25) is 9.20 Å². The summed E-state index contributed by atoms with van der Waals surface area (Å²) in [6, 6.07) is 8.26. The minimum atomic E-state index is 0.627. The number of carbonyl (C=O) groups excluding carboxylic acids is 1. The van der Waals surface area contributed by atoms with Crippen LogP contribution in [-0.4, -0.2) is 15.7 Å². The first kappa shape index (κ1) is 10.0. The van der Waals surface area contributed by atoms with Gasteiger partial charge < -0.3 is 0 Å². The standard InChI is InChI=1S/C14H12N2O/c1-9-3-4-12-11(7-9)5-6-16-13(8-17)10(2)15-14(12)16/h3-8H,1-2H3. The van der Waals surface area contributed by atoms with Gasteiger partial charge in [-0.25, -0.2) is 4.98 Å². The molecule has 0 radical (unpaired) electrons. The fourth-order valence-electron chi connectivity index (χ4n) is 2.22. The van der Waals surface area contributed by atoms with Crippen molar-refractivity contribution in [3.8, 4) is 0 Å². The van der Waals surface area contributed by atoms with Crippen LogP contribution in [0.2, 0.25) is 0 Å². The third-order valence-electron chi connectivity index (χ3n) is 3.09. The van der Waals surface area contributed by atoms with E-state index in [0.29, 0.717) is 5.69 Å². The predicted octanol–water partition coefficient (Wildman–Crippen LogP) is 2.92. The van der Waals surface area contributed by atoms with Gasteiger partial charge in [-0.2, -0.15) is 0 Å². The molecule has 2 heterocycles. The molecule has 1 aromatic carbocycles. The van der Waals surface area contributed by atoms with Crippen LogP contribution in [0, 0.1) is 13.8 Å². The molecule has 0 aliphatic carbocycles. The number of hydrogen-bond donors (Lipinski definition) is 0. The van der Waals surface area contributed by atoms with E-state index in [2.05, 4.69) is 30.1 Å². The number of carbonyl (C=O) groups is 1. The van der Waals surface area contributed by atoms with E-state index >= 15 is 0 Å². The Bertz CT molecular complexity index is 741. The van der Waals surface area contributed by atoms with Crippen molar-refractivity contribution in [2.75, 3.05) is 0 Å². The second-order valence-corrected chi connectivity index (χ2v) is 4.30. The summed E-state index contributed by atoms with van der Waals surface area (Å²) in [5.41, 5.74) is 3.47. The summed E-state index contributed by atoms with van der Waals surface area (Å²) < 4.78 is 1.85. The highest BCUT2D eigenvalue weighted by Gasteiger charge is 2.09. The van der Waals surface area contributed by atoms with Crippen molar-refractivity contribution in [1.29, 1.82) is 0 Å². The van der Waals surface area contributed by atoms with E-state index in [1.54, 1.807) is 0 Å². The first-order valence-electron chi connectivity index (χ1n) is 5.54. The SMILES string of the molecule is Cc1ccc2c(ccn3c(C=O)c(C)nc23)c1. The minimum Gasteiger partial charge on any atom is -0.297 e. The molecule has 0 bridgehead atoms. The maximum Gasteiger partial charge on any atom is 0.168 e. The molecule has 0 unspecified atom stereocenters. The summed E-state index contributed by atoms with van der Waals surface area (Å²) in [7, 11) is 0. The van der Waals surface area contributed by atoms with Crippen LogP contribution in [0.25, 0.3) is 16.4 Å². The highest BCUT2D eigenvalue weighted by Crippen LogP contribution is 2.22. The molecule has 0 saturated heterocycles. The van der Waals surface area contributed by atoms with Crippen molar-refractivity contribution < 1.29 is 4.79 Å². The average molecular weight is 224 g/mol. The van der Waals surface area contributed by atoms with Gasteiger partial charge in [-0.05, 0) is 25.3 Å². The molecule has 3 nitrogen and oxygen atoms in total. The Morgan fingerprint density at radius 2 is 2.06 bits per heavy atom. The number of fused-ring (bicyclic) bond motifs is 3. The maximum absolute atomic E-state index is 11.0. The quantitative estimate of drug-likeness (QED) is 0.595. The lowest BCUT2D eigenvalue weighted by molar-refractivity contribution is 0.111. The van der Waals surface area contributed by atoms with Crippen molar-refractivity contribution in [2.45, 2.75) is 13.8 Å². The number of benzene rings is 1. The van der Waals surface area contributed by atoms with Gasteiger partial charge in [0.2, 0.25) is 0 Å². The molecular weight excluding hydrogens is 212 g/mol. The molecule has 0 spiro atoms. The van der Waals surface area contributed by atoms with Crippen molar-refractivity contribution in [3.05, 3.63) is 47.4 Å². The highest BCUT2D eigenvalue weighted by molar-refractivity contribution is 5.95. The van der Waals surface area contributed by atoms with E-state index in [1.165, 1.54) is 5.56 Å². The predicted molar refractivity (Wildman–Crippen MR) is 67.6 cm³/mol. The molecule has 0 atom stereocenters. The first-order chi connectivity index (χ1) is 8.20. The number of pyridine rings is 1. The first-order valence-corrected chi connectivity index (χ1v) is 5.54. The van der Waals surface area contributed by atoms with Crippen LogP contribution in [0.1, 0.15) is 21.7 Å². The van der Waals surface area contributed by atoms with Crippen LogP contribution in [-0.2, 0) is 0 Å². The summed E-state index contributed by atoms with van der Waals surface area (Å²) in [5.74, 6) is 0. The molecule has 84 valence electrons. The zero-order chi connectivity index (χ0) is 12.0. The Kier molecular flexibility index (Phi) is 2.01. The highest BCUT2D eigenvalue weighted by atomic mass is 16.1. The van der Waals surface area contributed by atoms with Crippen LogP contribution in [0.5, 0.6) is 0 Å². The summed E-state index contributed by atoms with van der Waals surface area (Å²) in [6.07, 6.45) is 2.76. The third-order valence-corrected chi connectivity index (χ3v) is 3.09. The molecule has 0 fully saturated rings. The number of hydrogen-bond acceptors (Lipinski definition) is 2. The van der Waals surface area contributed by atoms with Crippen LogP contribution in [0.3, 0.4) is 0 Å². The Balaban J connectivity index is 2.52. The second kappa shape index (κ2) is 3.42. The topological polar surface area (TPSA) is 34.4 Å². The van der Waals surface area contributed by atoms with Crippen molar-refractivity contribution >= 4 is 22.7 Å². The summed E-state index contributed by atoms with van der Waals surface area (Å²) >= 11 is 0. The smallest absolute Gasteiger partial charge is 0.168 e. The molecule has 2 aromatic heterocycles. The number of imidazole rings is 1. The summed E-state index contributed by atoms with van der Waals surface area (Å²) in [5, 5.41) is 2.23. The van der Waals surface area contributed by atoms with E-state index in [4.69, 9.17) is 0 Å². The van der Waals surface area contributed by atoms with Crippen molar-refractivity contribution in [1.82, 2.24) is 9.38 Å². The molecule has 17 heavy (non-hydrogen) atoms. The second-order valence-electron chi connectivity index (χ2n) is 4.30. The molecule has 0 aliphatic rings. The summed E-state index contributed by atoms with van der Waals surface area (Å²) in [4.78, 5) is 15.5. The average Bonchev–Trinajstić information content (AvgIpc) is 2.64. The molecule has 3 aromatic rings. The Hall–Kier alpha value is -2.16. The van der Waals surface area contributed by atoms with E-state index < -0.39 is 0 Å². The van der Waals surface area contributed by atoms with Gasteiger partial charge in [-0.1, -0.05) is 23.8 Å². The summed E-state index contributed by atoms with van der Waals surface area (Å²) in [6.45, 7) is 3.92. The van der Waals surface area contributed by atoms with Crippen LogP contribution in [0.4, 0.5) is 0 Å². The Morgan fingerprint density at radius 3 is 2.82 bits per heavy atom. The number of aldehydes is 1. The van der Waals surface area contributed by atoms with Gasteiger partial charge >= 0.3 is 0 Å². The normalized spacial score (nSPS) is 11.2. The van der Waals surface area contributed by atoms with Crippen LogP contribution in [0.15, 0.2) is 30.5 Å². The Labute approximate surface area is 98.7 Å². The molecule has 0 saturated carbocycles. The number of rotatable bonds is 1. The van der Waals surface area contributed by atoms with Crippen LogP contribution < -0.4 is 0 Å². The lowest BCUT2D eigenvalue weighted by atomic mass is 10.1. The number of aryl methyl sites for hydroxylation is 2. The molecule has 3 rings (SSSR count). The van der Waals surface area contributed by atoms with Gasteiger partial charge in [0, 0.05) is 11.6 Å². The van der Waals surface area contributed by atoms with Crippen molar-refractivity contribution in [3.63, 3.8) is 0 Å². The van der Waals surface area contributed by atoms with E-state index in [-0.39, 0.29) is 0 Å². The third kappa shape index (κ3) is 1.35. The molecule has 3 heteroatoms. The van der Waals surface area contributed by atoms with Gasteiger partial charge in [0.15, 0.2) is 6.29 Å². The van der Waals surface area contributed by atoms with E-state index in [1.807, 2.05) is 23.6 Å². The molecule has 0 N–H and O–H groups in total. The fraction of sp³-hybridized carbons (Fsp3) is 0.143. The minimum absolute atomic E-state index is 0.627. The largest absolute Gasteiger partial charge is 0.297 e. The molecule has 0 amide bonds. The van der Waals surface area contributed by atoms with Crippen molar-refractivity contribution in [2.24, 2.45) is 0 Å². The molecule has 0 aliphatic heterocycles.